The lowest BCUT2D eigenvalue weighted by Crippen LogP contribution is -2.38. The number of benzene rings is 1. The Hall–Kier alpha value is -1.36. The number of aliphatic hydroxyl groups is 1. The fourth-order valence-electron chi connectivity index (χ4n) is 2.21. The number of β-amino-alcohol motifs (C(OH)–C–C–N with tert-alkyl or cyclic N) is 1. The summed E-state index contributed by atoms with van der Waals surface area (Å²) in [4.78, 5) is 1.80. The summed E-state index contributed by atoms with van der Waals surface area (Å²) in [5.74, 6) is 0. The van der Waals surface area contributed by atoms with E-state index < -0.39 is 12.5 Å². The van der Waals surface area contributed by atoms with Crippen LogP contribution < -0.4 is 10.6 Å². The molecule has 0 radical (unpaired) electrons. The van der Waals surface area contributed by atoms with Gasteiger partial charge < -0.3 is 15.7 Å². The van der Waals surface area contributed by atoms with Crippen molar-refractivity contribution in [3.63, 3.8) is 0 Å². The Kier molecular flexibility index (Phi) is 3.47. The number of nitrogens with two attached hydrogens (primary N) is 1. The zero-order chi connectivity index (χ0) is 12.4. The van der Waals surface area contributed by atoms with Crippen LogP contribution in [-0.4, -0.2) is 24.3 Å². The largest absolute Gasteiger partial charge is 0.399 e. The van der Waals surface area contributed by atoms with E-state index in [1.165, 1.54) is 6.07 Å². The van der Waals surface area contributed by atoms with Crippen LogP contribution in [0.4, 0.5) is 20.2 Å². The maximum absolute atomic E-state index is 12.9. The average Bonchev–Trinajstić information content (AvgIpc) is 2.28. The minimum Gasteiger partial charge on any atom is -0.399 e. The van der Waals surface area contributed by atoms with Crippen molar-refractivity contribution in [3.05, 3.63) is 23.8 Å². The molecule has 1 aliphatic rings. The van der Waals surface area contributed by atoms with E-state index in [2.05, 4.69) is 0 Å². The molecule has 1 heterocycles. The van der Waals surface area contributed by atoms with E-state index in [0.717, 1.165) is 12.8 Å². The second kappa shape index (κ2) is 4.87. The lowest BCUT2D eigenvalue weighted by molar-refractivity contribution is 0.146. The first-order valence-electron chi connectivity index (χ1n) is 5.68. The molecule has 1 unspecified atom stereocenters. The fourth-order valence-corrected chi connectivity index (χ4v) is 2.21. The van der Waals surface area contributed by atoms with Gasteiger partial charge in [-0.15, -0.1) is 0 Å². The summed E-state index contributed by atoms with van der Waals surface area (Å²) >= 11 is 0. The van der Waals surface area contributed by atoms with E-state index in [4.69, 9.17) is 5.73 Å². The van der Waals surface area contributed by atoms with Crippen LogP contribution in [0.2, 0.25) is 0 Å². The number of halogens is 2. The third kappa shape index (κ3) is 2.66. The van der Waals surface area contributed by atoms with E-state index >= 15 is 0 Å². The van der Waals surface area contributed by atoms with Crippen molar-refractivity contribution in [1.82, 2.24) is 0 Å². The first kappa shape index (κ1) is 12.1. The van der Waals surface area contributed by atoms with Gasteiger partial charge in [-0.25, -0.2) is 8.78 Å². The van der Waals surface area contributed by atoms with Gasteiger partial charge in [-0.1, -0.05) is 0 Å². The summed E-state index contributed by atoms with van der Waals surface area (Å²) in [6.07, 6.45) is -1.44. The maximum atomic E-state index is 12.9. The molecule has 1 aliphatic heterocycles. The maximum Gasteiger partial charge on any atom is 0.265 e. The van der Waals surface area contributed by atoms with Gasteiger partial charge >= 0.3 is 0 Å². The van der Waals surface area contributed by atoms with Gasteiger partial charge in [0.25, 0.3) is 6.43 Å². The van der Waals surface area contributed by atoms with Crippen molar-refractivity contribution in [2.75, 3.05) is 23.7 Å². The van der Waals surface area contributed by atoms with Crippen molar-refractivity contribution in [2.45, 2.75) is 25.4 Å². The number of alkyl halides is 2. The molecule has 0 saturated carbocycles. The van der Waals surface area contributed by atoms with E-state index in [9.17, 15) is 13.9 Å². The van der Waals surface area contributed by atoms with E-state index in [1.54, 1.807) is 17.0 Å². The Morgan fingerprint density at radius 2 is 2.18 bits per heavy atom. The second-order valence-corrected chi connectivity index (χ2v) is 4.36. The number of hydrogen-bond acceptors (Lipinski definition) is 3. The van der Waals surface area contributed by atoms with Crippen LogP contribution in [0, 0.1) is 0 Å². The molecule has 0 aromatic heterocycles. The molecule has 0 amide bonds. The molecule has 0 bridgehead atoms. The molecule has 2 rings (SSSR count). The minimum absolute atomic E-state index is 0.0564. The van der Waals surface area contributed by atoms with Gasteiger partial charge in [0.1, 0.15) is 0 Å². The first-order valence-corrected chi connectivity index (χ1v) is 5.68. The number of aliphatic hydroxyl groups excluding tert-OH is 1. The highest BCUT2D eigenvalue weighted by Crippen LogP contribution is 2.33. The van der Waals surface area contributed by atoms with Gasteiger partial charge in [0.2, 0.25) is 0 Å². The molecule has 1 aromatic carbocycles. The first-order chi connectivity index (χ1) is 8.08. The predicted octanol–water partition coefficient (Wildman–Crippen LogP) is 2.17. The Morgan fingerprint density at radius 3 is 2.82 bits per heavy atom. The van der Waals surface area contributed by atoms with Crippen LogP contribution in [-0.2, 0) is 0 Å². The van der Waals surface area contributed by atoms with Crippen molar-refractivity contribution in [2.24, 2.45) is 0 Å². The molecule has 1 saturated heterocycles. The number of anilines is 2. The lowest BCUT2D eigenvalue weighted by Gasteiger charge is -2.33. The van der Waals surface area contributed by atoms with Crippen molar-refractivity contribution < 1.29 is 13.9 Å². The number of piperidine rings is 1. The Labute approximate surface area is 98.8 Å². The van der Waals surface area contributed by atoms with Crippen LogP contribution in [0.15, 0.2) is 18.2 Å². The third-order valence-electron chi connectivity index (χ3n) is 3.02. The Balaban J connectivity index is 2.30. The van der Waals surface area contributed by atoms with Crippen LogP contribution >= 0.6 is 0 Å². The molecule has 0 aliphatic carbocycles. The van der Waals surface area contributed by atoms with Crippen LogP contribution in [0.5, 0.6) is 0 Å². The van der Waals surface area contributed by atoms with Crippen molar-refractivity contribution in [1.29, 1.82) is 0 Å². The Bertz CT molecular complexity index is 398. The van der Waals surface area contributed by atoms with Gasteiger partial charge in [0.15, 0.2) is 0 Å². The van der Waals surface area contributed by atoms with Crippen LogP contribution in [0.3, 0.4) is 0 Å². The summed E-state index contributed by atoms with van der Waals surface area (Å²) in [5, 5.41) is 9.57. The number of nitrogens with zero attached hydrogens (tertiary/aromatic N) is 1. The standard InChI is InChI=1S/C12H16F2N2O/c13-12(14)10-6-8(15)3-4-11(10)16-5-1-2-9(17)7-16/h3-4,6,9,12,17H,1-2,5,7,15H2. The molecular formula is C12H16F2N2O. The van der Waals surface area contributed by atoms with Gasteiger partial charge in [0, 0.05) is 30.0 Å². The van der Waals surface area contributed by atoms with Gasteiger partial charge in [-0.3, -0.25) is 0 Å². The van der Waals surface area contributed by atoms with E-state index in [0.29, 0.717) is 24.5 Å². The fraction of sp³-hybridized carbons (Fsp3) is 0.500. The minimum atomic E-state index is -2.55. The number of nitrogen functional groups attached to an aromatic ring is 1. The molecule has 1 aromatic rings. The molecule has 3 N–H and O–H groups in total. The van der Waals surface area contributed by atoms with Crippen molar-refractivity contribution >= 4 is 11.4 Å². The lowest BCUT2D eigenvalue weighted by atomic mass is 10.0. The zero-order valence-electron chi connectivity index (χ0n) is 9.44. The normalized spacial score (nSPS) is 20.9. The van der Waals surface area contributed by atoms with Crippen LogP contribution in [0.25, 0.3) is 0 Å². The topological polar surface area (TPSA) is 49.5 Å². The highest BCUT2D eigenvalue weighted by atomic mass is 19.3. The highest BCUT2D eigenvalue weighted by molar-refractivity contribution is 5.60. The van der Waals surface area contributed by atoms with Gasteiger partial charge in [-0.05, 0) is 31.0 Å². The quantitative estimate of drug-likeness (QED) is 0.781. The summed E-state index contributed by atoms with van der Waals surface area (Å²) in [5.41, 5.74) is 6.28. The molecule has 94 valence electrons. The SMILES string of the molecule is Nc1ccc(N2CCCC(O)C2)c(C(F)F)c1. The van der Waals surface area contributed by atoms with Gasteiger partial charge in [-0.2, -0.15) is 0 Å². The smallest absolute Gasteiger partial charge is 0.265 e. The Morgan fingerprint density at radius 1 is 1.41 bits per heavy atom. The summed E-state index contributed by atoms with van der Waals surface area (Å²) in [6, 6.07) is 4.53. The molecule has 5 heteroatoms. The molecule has 0 spiro atoms. The van der Waals surface area contributed by atoms with E-state index in [-0.39, 0.29) is 5.56 Å². The van der Waals surface area contributed by atoms with Crippen molar-refractivity contribution in [3.8, 4) is 0 Å². The average molecular weight is 242 g/mol. The van der Waals surface area contributed by atoms with Crippen LogP contribution in [0.1, 0.15) is 24.8 Å². The summed E-state index contributed by atoms with van der Waals surface area (Å²) < 4.78 is 25.8. The number of hydrogen-bond donors (Lipinski definition) is 2. The third-order valence-corrected chi connectivity index (χ3v) is 3.02. The summed E-state index contributed by atoms with van der Waals surface area (Å²) in [6.45, 7) is 1.10. The monoisotopic (exact) mass is 242 g/mol. The molecule has 1 fully saturated rings. The molecule has 1 atom stereocenters. The number of rotatable bonds is 2. The predicted molar refractivity (Wildman–Crippen MR) is 63.3 cm³/mol. The zero-order valence-corrected chi connectivity index (χ0v) is 9.44. The molecular weight excluding hydrogens is 226 g/mol. The van der Waals surface area contributed by atoms with Gasteiger partial charge in [0.05, 0.1) is 6.10 Å². The molecule has 3 nitrogen and oxygen atoms in total. The molecule has 17 heavy (non-hydrogen) atoms. The van der Waals surface area contributed by atoms with E-state index in [1.807, 2.05) is 0 Å². The highest BCUT2D eigenvalue weighted by Gasteiger charge is 2.23. The second-order valence-electron chi connectivity index (χ2n) is 4.36. The summed E-state index contributed by atoms with van der Waals surface area (Å²) in [7, 11) is 0.